The third-order valence-electron chi connectivity index (χ3n) is 2.91. The summed E-state index contributed by atoms with van der Waals surface area (Å²) < 4.78 is 1.99. The third kappa shape index (κ3) is 4.93. The number of nitrogens with zero attached hydrogens (tertiary/aromatic N) is 3. The van der Waals surface area contributed by atoms with Gasteiger partial charge in [0.2, 0.25) is 0 Å². The van der Waals surface area contributed by atoms with Crippen LogP contribution in [-0.2, 0) is 6.54 Å². The summed E-state index contributed by atoms with van der Waals surface area (Å²) in [5.41, 5.74) is 5.81. The Labute approximate surface area is 119 Å². The van der Waals surface area contributed by atoms with Gasteiger partial charge in [-0.3, -0.25) is 4.99 Å². The van der Waals surface area contributed by atoms with Crippen molar-refractivity contribution in [1.29, 1.82) is 0 Å². The summed E-state index contributed by atoms with van der Waals surface area (Å²) in [6.45, 7) is 1.52. The number of aliphatic imine (C=N–C) groups is 1. The average Bonchev–Trinajstić information content (AvgIpc) is 2.90. The normalized spacial score (nSPS) is 16.8. The topological polar surface area (TPSA) is 68.2 Å². The van der Waals surface area contributed by atoms with Crippen LogP contribution in [0.2, 0.25) is 0 Å². The van der Waals surface area contributed by atoms with E-state index in [0.29, 0.717) is 18.5 Å². The van der Waals surface area contributed by atoms with Crippen molar-refractivity contribution in [2.45, 2.75) is 38.3 Å². The largest absolute Gasteiger partial charge is 0.370 e. The molecule has 0 radical (unpaired) electrons. The van der Waals surface area contributed by atoms with Gasteiger partial charge in [-0.15, -0.1) is 24.0 Å². The molecule has 1 aromatic rings. The van der Waals surface area contributed by atoms with Gasteiger partial charge in [0.05, 0.1) is 12.9 Å². The Balaban J connectivity index is 0.00000144. The highest BCUT2D eigenvalue weighted by molar-refractivity contribution is 14.0. The van der Waals surface area contributed by atoms with E-state index in [1.54, 1.807) is 12.5 Å². The highest BCUT2D eigenvalue weighted by Crippen LogP contribution is 2.17. The summed E-state index contributed by atoms with van der Waals surface area (Å²) in [6.07, 6.45) is 10.5. The average molecular weight is 349 g/mol. The zero-order valence-electron chi connectivity index (χ0n) is 9.88. The van der Waals surface area contributed by atoms with E-state index in [0.717, 1.165) is 6.54 Å². The molecule has 1 heterocycles. The monoisotopic (exact) mass is 349 g/mol. The molecule has 2 rings (SSSR count). The van der Waals surface area contributed by atoms with E-state index in [4.69, 9.17) is 5.73 Å². The highest BCUT2D eigenvalue weighted by Gasteiger charge is 2.14. The first-order valence-electron chi connectivity index (χ1n) is 5.87. The Kier molecular flexibility index (Phi) is 6.31. The molecule has 96 valence electrons. The molecular formula is C11H20IN5. The molecule has 0 amide bonds. The van der Waals surface area contributed by atoms with Crippen LogP contribution in [0.25, 0.3) is 0 Å². The minimum atomic E-state index is 0. The maximum atomic E-state index is 5.81. The first kappa shape index (κ1) is 14.3. The maximum absolute atomic E-state index is 5.81. The number of rotatable bonds is 4. The van der Waals surface area contributed by atoms with Crippen molar-refractivity contribution in [2.75, 3.05) is 6.54 Å². The fraction of sp³-hybridized carbons (Fsp3) is 0.636. The summed E-state index contributed by atoms with van der Waals surface area (Å²) in [5.74, 6) is 0.576. The van der Waals surface area contributed by atoms with Crippen LogP contribution >= 0.6 is 24.0 Å². The van der Waals surface area contributed by atoms with Crippen LogP contribution in [0.15, 0.2) is 23.7 Å². The van der Waals surface area contributed by atoms with Crippen molar-refractivity contribution in [3.8, 4) is 0 Å². The number of hydrogen-bond donors (Lipinski definition) is 2. The van der Waals surface area contributed by atoms with Gasteiger partial charge >= 0.3 is 0 Å². The van der Waals surface area contributed by atoms with E-state index < -0.39 is 0 Å². The molecule has 5 nitrogen and oxygen atoms in total. The van der Waals surface area contributed by atoms with Crippen LogP contribution in [0.3, 0.4) is 0 Å². The van der Waals surface area contributed by atoms with E-state index in [-0.39, 0.29) is 24.0 Å². The lowest BCUT2D eigenvalue weighted by Gasteiger charge is -2.12. The molecule has 0 spiro atoms. The smallest absolute Gasteiger partial charge is 0.188 e. The second-order valence-electron chi connectivity index (χ2n) is 4.19. The number of aromatic nitrogens is 2. The second-order valence-corrected chi connectivity index (χ2v) is 4.19. The van der Waals surface area contributed by atoms with Gasteiger partial charge in [0, 0.05) is 25.0 Å². The first-order chi connectivity index (χ1) is 7.84. The number of halogens is 1. The van der Waals surface area contributed by atoms with Gasteiger partial charge in [0.15, 0.2) is 5.96 Å². The molecule has 0 atom stereocenters. The molecule has 1 fully saturated rings. The van der Waals surface area contributed by atoms with Crippen LogP contribution in [0.5, 0.6) is 0 Å². The van der Waals surface area contributed by atoms with Crippen LogP contribution in [0.1, 0.15) is 25.7 Å². The second kappa shape index (κ2) is 7.52. The molecule has 1 aliphatic carbocycles. The molecule has 1 aromatic heterocycles. The third-order valence-corrected chi connectivity index (χ3v) is 2.91. The van der Waals surface area contributed by atoms with E-state index in [1.807, 2.05) is 10.8 Å². The van der Waals surface area contributed by atoms with Crippen LogP contribution < -0.4 is 11.1 Å². The van der Waals surface area contributed by atoms with Crippen molar-refractivity contribution in [3.05, 3.63) is 18.7 Å². The van der Waals surface area contributed by atoms with E-state index in [1.165, 1.54) is 25.7 Å². The Bertz CT molecular complexity index is 330. The predicted molar refractivity (Wildman–Crippen MR) is 79.5 cm³/mol. The molecule has 6 heteroatoms. The van der Waals surface area contributed by atoms with Gasteiger partial charge in [-0.05, 0) is 12.8 Å². The molecule has 0 aromatic carbocycles. The standard InChI is InChI=1S/C11H19N5.HI/c12-11(15-10-3-1-2-4-10)14-6-8-16-7-5-13-9-16;/h5,7,9-10H,1-4,6,8H2,(H3,12,14,15);1H. The predicted octanol–water partition coefficient (Wildman–Crippen LogP) is 1.35. The number of imidazole rings is 1. The summed E-state index contributed by atoms with van der Waals surface area (Å²) in [5, 5.41) is 3.26. The van der Waals surface area contributed by atoms with Crippen LogP contribution in [-0.4, -0.2) is 28.1 Å². The lowest BCUT2D eigenvalue weighted by atomic mass is 10.2. The van der Waals surface area contributed by atoms with Gasteiger partial charge in [-0.2, -0.15) is 0 Å². The number of guanidine groups is 1. The summed E-state index contributed by atoms with van der Waals surface area (Å²) >= 11 is 0. The number of hydrogen-bond acceptors (Lipinski definition) is 2. The first-order valence-corrected chi connectivity index (χ1v) is 5.87. The SMILES string of the molecule is I.NC(=NCCn1ccnc1)NC1CCCC1. The Morgan fingerprint density at radius 2 is 2.24 bits per heavy atom. The highest BCUT2D eigenvalue weighted by atomic mass is 127. The van der Waals surface area contributed by atoms with Gasteiger partial charge in [0.1, 0.15) is 0 Å². The minimum absolute atomic E-state index is 0. The molecule has 1 aliphatic rings. The molecule has 0 saturated heterocycles. The zero-order chi connectivity index (χ0) is 11.2. The molecular weight excluding hydrogens is 329 g/mol. The molecule has 0 aliphatic heterocycles. The van der Waals surface area contributed by atoms with Crippen molar-refractivity contribution < 1.29 is 0 Å². The van der Waals surface area contributed by atoms with Crippen molar-refractivity contribution in [1.82, 2.24) is 14.9 Å². The summed E-state index contributed by atoms with van der Waals surface area (Å²) in [7, 11) is 0. The quantitative estimate of drug-likeness (QED) is 0.490. The minimum Gasteiger partial charge on any atom is -0.370 e. The maximum Gasteiger partial charge on any atom is 0.188 e. The lowest BCUT2D eigenvalue weighted by Crippen LogP contribution is -2.38. The molecule has 1 saturated carbocycles. The fourth-order valence-corrected chi connectivity index (χ4v) is 2.03. The Morgan fingerprint density at radius 1 is 1.47 bits per heavy atom. The summed E-state index contributed by atoms with van der Waals surface area (Å²) in [4.78, 5) is 8.27. The lowest BCUT2D eigenvalue weighted by molar-refractivity contribution is 0.622. The van der Waals surface area contributed by atoms with Crippen LogP contribution in [0, 0.1) is 0 Å². The van der Waals surface area contributed by atoms with Crippen molar-refractivity contribution in [2.24, 2.45) is 10.7 Å². The van der Waals surface area contributed by atoms with Gasteiger partial charge in [-0.1, -0.05) is 12.8 Å². The molecule has 0 bridgehead atoms. The molecule has 0 unspecified atom stereocenters. The van der Waals surface area contributed by atoms with Crippen molar-refractivity contribution >= 4 is 29.9 Å². The van der Waals surface area contributed by atoms with E-state index >= 15 is 0 Å². The van der Waals surface area contributed by atoms with Gasteiger partial charge in [0.25, 0.3) is 0 Å². The van der Waals surface area contributed by atoms with Gasteiger partial charge < -0.3 is 15.6 Å². The summed E-state index contributed by atoms with van der Waals surface area (Å²) in [6, 6.07) is 0.539. The van der Waals surface area contributed by atoms with Crippen LogP contribution in [0.4, 0.5) is 0 Å². The fourth-order valence-electron chi connectivity index (χ4n) is 2.03. The number of nitrogens with two attached hydrogens (primary N) is 1. The Hall–Kier alpha value is -0.790. The molecule has 17 heavy (non-hydrogen) atoms. The Morgan fingerprint density at radius 3 is 2.88 bits per heavy atom. The van der Waals surface area contributed by atoms with E-state index in [2.05, 4.69) is 15.3 Å². The zero-order valence-corrected chi connectivity index (χ0v) is 12.2. The van der Waals surface area contributed by atoms with Gasteiger partial charge in [-0.25, -0.2) is 4.98 Å². The van der Waals surface area contributed by atoms with Crippen molar-refractivity contribution in [3.63, 3.8) is 0 Å². The number of nitrogens with one attached hydrogen (secondary N) is 1. The van der Waals surface area contributed by atoms with E-state index in [9.17, 15) is 0 Å². The molecule has 3 N–H and O–H groups in total.